The van der Waals surface area contributed by atoms with E-state index in [4.69, 9.17) is 0 Å². The first-order valence-electron chi connectivity index (χ1n) is 5.31. The average Bonchev–Trinajstić information content (AvgIpc) is 2.98. The van der Waals surface area contributed by atoms with Crippen LogP contribution < -0.4 is 0 Å². The van der Waals surface area contributed by atoms with Crippen LogP contribution in [-0.2, 0) is 4.79 Å². The van der Waals surface area contributed by atoms with Gasteiger partial charge in [-0.1, -0.05) is 36.8 Å². The van der Waals surface area contributed by atoms with Crippen LogP contribution >= 0.6 is 0 Å². The smallest absolute Gasteiger partial charge is 0.136 e. The van der Waals surface area contributed by atoms with E-state index in [9.17, 15) is 4.79 Å². The summed E-state index contributed by atoms with van der Waals surface area (Å²) in [6.07, 6.45) is 1.75. The zero-order chi connectivity index (χ0) is 10.1. The van der Waals surface area contributed by atoms with Crippen LogP contribution in [0.4, 0.5) is 0 Å². The lowest BCUT2D eigenvalue weighted by atomic mass is 10.1. The lowest BCUT2D eigenvalue weighted by Crippen LogP contribution is -1.99. The highest BCUT2D eigenvalue weighted by Gasteiger charge is 2.42. The quantitative estimate of drug-likeness (QED) is 0.712. The Balaban J connectivity index is 2.06. The fourth-order valence-corrected chi connectivity index (χ4v) is 2.00. The summed E-state index contributed by atoms with van der Waals surface area (Å²) in [4.78, 5) is 11.4. The van der Waals surface area contributed by atoms with Gasteiger partial charge in [0.2, 0.25) is 0 Å². The molecule has 74 valence electrons. The predicted octanol–water partition coefficient (Wildman–Crippen LogP) is 3.08. The second-order valence-corrected chi connectivity index (χ2v) is 4.18. The van der Waals surface area contributed by atoms with Crippen molar-refractivity contribution in [2.45, 2.75) is 32.6 Å². The number of ketones is 1. The number of aryl methyl sites for hydroxylation is 1. The number of hydrogen-bond donors (Lipinski definition) is 0. The lowest BCUT2D eigenvalue weighted by molar-refractivity contribution is -0.120. The van der Waals surface area contributed by atoms with Gasteiger partial charge in [-0.25, -0.2) is 0 Å². The molecule has 0 heterocycles. The van der Waals surface area contributed by atoms with Gasteiger partial charge in [-0.3, -0.25) is 4.79 Å². The summed E-state index contributed by atoms with van der Waals surface area (Å²) in [6.45, 7) is 4.04. The highest BCUT2D eigenvalue weighted by molar-refractivity contribution is 5.84. The van der Waals surface area contributed by atoms with Crippen molar-refractivity contribution in [2.24, 2.45) is 5.92 Å². The second-order valence-electron chi connectivity index (χ2n) is 4.18. The predicted molar refractivity (Wildman–Crippen MR) is 57.3 cm³/mol. The van der Waals surface area contributed by atoms with Gasteiger partial charge < -0.3 is 0 Å². The Hall–Kier alpha value is -1.11. The number of carbonyl (C=O) groups is 1. The van der Waals surface area contributed by atoms with E-state index >= 15 is 0 Å². The summed E-state index contributed by atoms with van der Waals surface area (Å²) in [5.41, 5.74) is 2.62. The van der Waals surface area contributed by atoms with E-state index in [0.29, 0.717) is 24.0 Å². The minimum absolute atomic E-state index is 0.322. The van der Waals surface area contributed by atoms with Crippen molar-refractivity contribution in [1.29, 1.82) is 0 Å². The zero-order valence-corrected chi connectivity index (χ0v) is 8.79. The summed E-state index contributed by atoms with van der Waals surface area (Å²) in [7, 11) is 0. The van der Waals surface area contributed by atoms with E-state index < -0.39 is 0 Å². The number of Topliss-reactive ketones (excluding diaryl/α,β-unsaturated/α-hetero) is 1. The van der Waals surface area contributed by atoms with Gasteiger partial charge in [-0.05, 0) is 24.8 Å². The molecule has 0 N–H and O–H groups in total. The molecule has 2 rings (SSSR count). The molecule has 2 atom stereocenters. The summed E-state index contributed by atoms with van der Waals surface area (Å²) in [5.74, 6) is 1.27. The molecule has 1 aliphatic rings. The van der Waals surface area contributed by atoms with Crippen molar-refractivity contribution < 1.29 is 4.79 Å². The van der Waals surface area contributed by atoms with E-state index in [2.05, 4.69) is 31.2 Å². The van der Waals surface area contributed by atoms with Crippen molar-refractivity contribution in [3.05, 3.63) is 35.4 Å². The molecule has 1 nitrogen and oxygen atoms in total. The molecule has 1 aliphatic carbocycles. The summed E-state index contributed by atoms with van der Waals surface area (Å²) < 4.78 is 0. The first kappa shape index (κ1) is 9.45. The van der Waals surface area contributed by atoms with Gasteiger partial charge in [-0.15, -0.1) is 0 Å². The fourth-order valence-electron chi connectivity index (χ4n) is 2.00. The second kappa shape index (κ2) is 3.56. The molecular weight excluding hydrogens is 172 g/mol. The molecule has 0 radical (unpaired) electrons. The maximum Gasteiger partial charge on any atom is 0.136 e. The summed E-state index contributed by atoms with van der Waals surface area (Å²) in [5, 5.41) is 0. The van der Waals surface area contributed by atoms with Crippen LogP contribution in [0.2, 0.25) is 0 Å². The van der Waals surface area contributed by atoms with E-state index in [1.807, 2.05) is 6.92 Å². The Morgan fingerprint density at radius 1 is 1.36 bits per heavy atom. The minimum Gasteiger partial charge on any atom is -0.299 e. The van der Waals surface area contributed by atoms with Gasteiger partial charge in [-0.2, -0.15) is 0 Å². The molecule has 1 aromatic carbocycles. The van der Waals surface area contributed by atoms with Crippen molar-refractivity contribution in [2.75, 3.05) is 0 Å². The molecule has 1 fully saturated rings. The molecule has 1 heteroatoms. The lowest BCUT2D eigenvalue weighted by Gasteiger charge is -1.99. The zero-order valence-electron chi connectivity index (χ0n) is 8.79. The first-order chi connectivity index (χ1) is 6.72. The van der Waals surface area contributed by atoms with Crippen molar-refractivity contribution in [3.8, 4) is 0 Å². The number of carbonyl (C=O) groups excluding carboxylic acids is 1. The largest absolute Gasteiger partial charge is 0.299 e. The molecule has 0 aliphatic heterocycles. The van der Waals surface area contributed by atoms with Crippen LogP contribution in [0.25, 0.3) is 0 Å². The van der Waals surface area contributed by atoms with E-state index in [1.54, 1.807) is 0 Å². The third-order valence-corrected chi connectivity index (χ3v) is 3.06. The third kappa shape index (κ3) is 1.72. The average molecular weight is 188 g/mol. The summed E-state index contributed by atoms with van der Waals surface area (Å²) in [6, 6.07) is 8.56. The molecule has 2 unspecified atom stereocenters. The molecular formula is C13H16O. The fraction of sp³-hybridized carbons (Fsp3) is 0.462. The van der Waals surface area contributed by atoms with E-state index in [1.165, 1.54) is 11.1 Å². The maximum absolute atomic E-state index is 11.4. The number of rotatable bonds is 3. The highest BCUT2D eigenvalue weighted by atomic mass is 16.1. The molecule has 1 saturated carbocycles. The van der Waals surface area contributed by atoms with Crippen LogP contribution in [0.15, 0.2) is 24.3 Å². The third-order valence-electron chi connectivity index (χ3n) is 3.06. The van der Waals surface area contributed by atoms with Crippen molar-refractivity contribution >= 4 is 5.78 Å². The Morgan fingerprint density at radius 2 is 2.00 bits per heavy atom. The number of benzene rings is 1. The number of hydrogen-bond acceptors (Lipinski definition) is 1. The van der Waals surface area contributed by atoms with Gasteiger partial charge in [0.05, 0.1) is 0 Å². The van der Waals surface area contributed by atoms with Gasteiger partial charge in [0.1, 0.15) is 5.78 Å². The standard InChI is InChI=1S/C13H16O/c1-3-13(14)12-8-11(12)10-6-4-9(2)5-7-10/h4-7,11-12H,3,8H2,1-2H3. The van der Waals surface area contributed by atoms with Crippen LogP contribution in [-0.4, -0.2) is 5.78 Å². The normalized spacial score (nSPS) is 24.7. The minimum atomic E-state index is 0.322. The Bertz CT molecular complexity index is 337. The van der Waals surface area contributed by atoms with E-state index in [0.717, 1.165) is 6.42 Å². The SMILES string of the molecule is CCC(=O)C1CC1c1ccc(C)cc1. The molecule has 0 bridgehead atoms. The Morgan fingerprint density at radius 3 is 2.57 bits per heavy atom. The monoisotopic (exact) mass is 188 g/mol. The van der Waals surface area contributed by atoms with Crippen molar-refractivity contribution in [1.82, 2.24) is 0 Å². The molecule has 0 aromatic heterocycles. The van der Waals surface area contributed by atoms with Gasteiger partial charge in [0, 0.05) is 12.3 Å². The molecule has 0 spiro atoms. The first-order valence-corrected chi connectivity index (χ1v) is 5.31. The topological polar surface area (TPSA) is 17.1 Å². The molecule has 0 amide bonds. The van der Waals surface area contributed by atoms with Gasteiger partial charge in [0.25, 0.3) is 0 Å². The molecule has 14 heavy (non-hydrogen) atoms. The highest BCUT2D eigenvalue weighted by Crippen LogP contribution is 2.48. The van der Waals surface area contributed by atoms with E-state index in [-0.39, 0.29) is 0 Å². The molecule has 0 saturated heterocycles. The van der Waals surface area contributed by atoms with Gasteiger partial charge >= 0.3 is 0 Å². The van der Waals surface area contributed by atoms with Crippen LogP contribution in [0.1, 0.15) is 36.8 Å². The van der Waals surface area contributed by atoms with Crippen LogP contribution in [0.3, 0.4) is 0 Å². The summed E-state index contributed by atoms with van der Waals surface area (Å²) >= 11 is 0. The molecule has 1 aromatic rings. The maximum atomic E-state index is 11.4. The Labute approximate surface area is 85.1 Å². The van der Waals surface area contributed by atoms with Crippen LogP contribution in [0.5, 0.6) is 0 Å². The van der Waals surface area contributed by atoms with Crippen LogP contribution in [0, 0.1) is 12.8 Å². The Kier molecular flexibility index (Phi) is 2.40. The van der Waals surface area contributed by atoms with Gasteiger partial charge in [0.15, 0.2) is 0 Å². The van der Waals surface area contributed by atoms with Crippen molar-refractivity contribution in [3.63, 3.8) is 0 Å².